The molecule has 0 spiro atoms. The molecule has 0 saturated heterocycles. The number of hydrogen-bond donors (Lipinski definition) is 0. The highest BCUT2D eigenvalue weighted by molar-refractivity contribution is 6.37. The van der Waals surface area contributed by atoms with Gasteiger partial charge in [0.05, 0.1) is 23.8 Å². The molecule has 0 atom stereocenters. The van der Waals surface area contributed by atoms with Crippen LogP contribution in [-0.2, 0) is 0 Å². The van der Waals surface area contributed by atoms with Crippen LogP contribution in [0.15, 0.2) is 6.07 Å². The topological polar surface area (TPSA) is 18.5 Å². The van der Waals surface area contributed by atoms with E-state index in [2.05, 4.69) is 0 Å². The molecule has 0 amide bonds. The minimum atomic E-state index is 0.529. The lowest BCUT2D eigenvalue weighted by Crippen LogP contribution is -1.96. The summed E-state index contributed by atoms with van der Waals surface area (Å²) in [6, 6.07) is 1.70. The maximum absolute atomic E-state index is 6.04. The van der Waals surface area contributed by atoms with Crippen molar-refractivity contribution in [1.29, 1.82) is 0 Å². The summed E-state index contributed by atoms with van der Waals surface area (Å²) in [7, 11) is 1.56. The summed E-state index contributed by atoms with van der Waals surface area (Å²) in [5, 5.41) is 1.07. The van der Waals surface area contributed by atoms with E-state index >= 15 is 0 Å². The molecule has 1 aromatic carbocycles. The van der Waals surface area contributed by atoms with E-state index in [9.17, 15) is 0 Å². The summed E-state index contributed by atoms with van der Waals surface area (Å²) in [4.78, 5) is 0. The van der Waals surface area contributed by atoms with Crippen molar-refractivity contribution in [2.45, 2.75) is 13.8 Å². The van der Waals surface area contributed by atoms with E-state index < -0.39 is 0 Å². The van der Waals surface area contributed by atoms with E-state index in [4.69, 9.17) is 32.7 Å². The number of rotatable bonds is 3. The van der Waals surface area contributed by atoms with Gasteiger partial charge < -0.3 is 9.47 Å². The van der Waals surface area contributed by atoms with Gasteiger partial charge >= 0.3 is 0 Å². The summed E-state index contributed by atoms with van der Waals surface area (Å²) in [5.41, 5.74) is 0.774. The zero-order chi connectivity index (χ0) is 10.7. The third kappa shape index (κ3) is 2.07. The fourth-order valence-corrected chi connectivity index (χ4v) is 1.60. The van der Waals surface area contributed by atoms with Gasteiger partial charge in [0, 0.05) is 6.07 Å². The Morgan fingerprint density at radius 2 is 1.79 bits per heavy atom. The lowest BCUT2D eigenvalue weighted by Gasteiger charge is -2.12. The van der Waals surface area contributed by atoms with Gasteiger partial charge in [0.25, 0.3) is 0 Å². The maximum Gasteiger partial charge on any atom is 0.141 e. The van der Waals surface area contributed by atoms with E-state index in [1.807, 2.05) is 13.8 Å². The van der Waals surface area contributed by atoms with Crippen LogP contribution in [0.2, 0.25) is 10.0 Å². The Labute approximate surface area is 93.7 Å². The fourth-order valence-electron chi connectivity index (χ4n) is 1.12. The molecule has 0 heterocycles. The van der Waals surface area contributed by atoms with Gasteiger partial charge in [-0.2, -0.15) is 0 Å². The Kier molecular flexibility index (Phi) is 3.90. The second kappa shape index (κ2) is 4.76. The average Bonchev–Trinajstić information content (AvgIpc) is 2.19. The molecule has 14 heavy (non-hydrogen) atoms. The smallest absolute Gasteiger partial charge is 0.141 e. The second-order valence-corrected chi connectivity index (χ2v) is 3.52. The van der Waals surface area contributed by atoms with E-state index in [1.165, 1.54) is 0 Å². The van der Waals surface area contributed by atoms with Crippen molar-refractivity contribution in [3.05, 3.63) is 21.7 Å². The molecule has 0 radical (unpaired) electrons. The number of hydrogen-bond acceptors (Lipinski definition) is 2. The Morgan fingerprint density at radius 3 is 2.29 bits per heavy atom. The Balaban J connectivity index is 3.25. The van der Waals surface area contributed by atoms with Gasteiger partial charge in [0.2, 0.25) is 0 Å². The zero-order valence-electron chi connectivity index (χ0n) is 8.36. The molecule has 0 unspecified atom stereocenters. The van der Waals surface area contributed by atoms with Crippen molar-refractivity contribution < 1.29 is 9.47 Å². The molecule has 0 aliphatic carbocycles. The van der Waals surface area contributed by atoms with Crippen molar-refractivity contribution in [3.63, 3.8) is 0 Å². The van der Waals surface area contributed by atoms with Gasteiger partial charge in [-0.15, -0.1) is 0 Å². The van der Waals surface area contributed by atoms with Gasteiger partial charge in [-0.05, 0) is 19.4 Å². The van der Waals surface area contributed by atoms with Crippen molar-refractivity contribution >= 4 is 23.2 Å². The minimum Gasteiger partial charge on any atom is -0.495 e. The lowest BCUT2D eigenvalue weighted by molar-refractivity contribution is 0.336. The van der Waals surface area contributed by atoms with Crippen LogP contribution in [0, 0.1) is 6.92 Å². The van der Waals surface area contributed by atoms with Crippen LogP contribution in [0.25, 0.3) is 0 Å². The molecule has 0 N–H and O–H groups in total. The molecule has 0 aromatic heterocycles. The van der Waals surface area contributed by atoms with Crippen LogP contribution in [0.5, 0.6) is 11.5 Å². The number of benzene rings is 1. The Hall–Kier alpha value is -0.600. The van der Waals surface area contributed by atoms with Crippen LogP contribution >= 0.6 is 23.2 Å². The summed E-state index contributed by atoms with van der Waals surface area (Å²) in [6.07, 6.45) is 0. The molecule has 2 nitrogen and oxygen atoms in total. The van der Waals surface area contributed by atoms with E-state index in [1.54, 1.807) is 13.2 Å². The van der Waals surface area contributed by atoms with Crippen molar-refractivity contribution in [2.75, 3.05) is 13.7 Å². The molecule has 78 valence electrons. The molecular formula is C10H12Cl2O2. The monoisotopic (exact) mass is 234 g/mol. The highest BCUT2D eigenvalue weighted by Crippen LogP contribution is 2.39. The quantitative estimate of drug-likeness (QED) is 0.794. The second-order valence-electron chi connectivity index (χ2n) is 2.76. The minimum absolute atomic E-state index is 0.529. The molecule has 0 saturated carbocycles. The summed E-state index contributed by atoms with van der Waals surface area (Å²) >= 11 is 12.0. The first kappa shape index (κ1) is 11.5. The highest BCUT2D eigenvalue weighted by Gasteiger charge is 2.13. The lowest BCUT2D eigenvalue weighted by atomic mass is 10.2. The fraction of sp³-hybridized carbons (Fsp3) is 0.400. The number of methoxy groups -OCH3 is 1. The maximum atomic E-state index is 6.04. The van der Waals surface area contributed by atoms with Gasteiger partial charge in [-0.1, -0.05) is 23.2 Å². The molecule has 0 bridgehead atoms. The van der Waals surface area contributed by atoms with E-state index in [-0.39, 0.29) is 0 Å². The molecule has 0 aliphatic rings. The first-order valence-corrected chi connectivity index (χ1v) is 5.02. The van der Waals surface area contributed by atoms with Crippen LogP contribution < -0.4 is 9.47 Å². The van der Waals surface area contributed by atoms with Gasteiger partial charge in [-0.25, -0.2) is 0 Å². The SMILES string of the molecule is CCOc1cc(OC)c(Cl)c(C)c1Cl. The molecule has 4 heteroatoms. The van der Waals surface area contributed by atoms with Crippen LogP contribution in [0.3, 0.4) is 0 Å². The number of ether oxygens (including phenoxy) is 2. The van der Waals surface area contributed by atoms with Crippen LogP contribution in [0.1, 0.15) is 12.5 Å². The van der Waals surface area contributed by atoms with Gasteiger partial charge in [0.15, 0.2) is 0 Å². The normalized spacial score (nSPS) is 10.1. The van der Waals surface area contributed by atoms with Gasteiger partial charge in [0.1, 0.15) is 11.5 Å². The number of halogens is 2. The van der Waals surface area contributed by atoms with E-state index in [0.717, 1.165) is 5.56 Å². The molecule has 1 rings (SSSR count). The van der Waals surface area contributed by atoms with E-state index in [0.29, 0.717) is 28.2 Å². The molecule has 0 aliphatic heterocycles. The zero-order valence-corrected chi connectivity index (χ0v) is 9.87. The third-order valence-electron chi connectivity index (χ3n) is 1.87. The van der Waals surface area contributed by atoms with Crippen molar-refractivity contribution in [2.24, 2.45) is 0 Å². The standard InChI is InChI=1S/C10H12Cl2O2/c1-4-14-8-5-7(13-3)9(11)6(2)10(8)12/h5H,4H2,1-3H3. The predicted octanol–water partition coefficient (Wildman–Crippen LogP) is 3.71. The third-order valence-corrected chi connectivity index (χ3v) is 2.81. The van der Waals surface area contributed by atoms with Crippen molar-refractivity contribution in [3.8, 4) is 11.5 Å². The molecule has 1 aromatic rings. The summed E-state index contributed by atoms with van der Waals surface area (Å²) < 4.78 is 10.4. The average molecular weight is 235 g/mol. The first-order valence-electron chi connectivity index (χ1n) is 4.27. The summed E-state index contributed by atoms with van der Waals surface area (Å²) in [5.74, 6) is 1.19. The van der Waals surface area contributed by atoms with Crippen LogP contribution in [0.4, 0.5) is 0 Å². The van der Waals surface area contributed by atoms with Crippen LogP contribution in [-0.4, -0.2) is 13.7 Å². The molecular weight excluding hydrogens is 223 g/mol. The van der Waals surface area contributed by atoms with Gasteiger partial charge in [-0.3, -0.25) is 0 Å². The Morgan fingerprint density at radius 1 is 1.21 bits per heavy atom. The first-order chi connectivity index (χ1) is 6.61. The summed E-state index contributed by atoms with van der Waals surface area (Å²) in [6.45, 7) is 4.28. The predicted molar refractivity (Wildman–Crippen MR) is 58.9 cm³/mol. The molecule has 0 fully saturated rings. The van der Waals surface area contributed by atoms with Crippen molar-refractivity contribution in [1.82, 2.24) is 0 Å². The Bertz CT molecular complexity index is 337. The largest absolute Gasteiger partial charge is 0.495 e. The highest BCUT2D eigenvalue weighted by atomic mass is 35.5.